The molecule has 0 spiro atoms. The minimum absolute atomic E-state index is 0.00703. The highest BCUT2D eigenvalue weighted by Gasteiger charge is 2.21. The minimum atomic E-state index is -0.969. The Morgan fingerprint density at radius 3 is 2.08 bits per heavy atom. The van der Waals surface area contributed by atoms with Crippen LogP contribution in [0.3, 0.4) is 0 Å². The van der Waals surface area contributed by atoms with Gasteiger partial charge in [0.1, 0.15) is 0 Å². The summed E-state index contributed by atoms with van der Waals surface area (Å²) >= 11 is 1.32. The highest BCUT2D eigenvalue weighted by Crippen LogP contribution is 2.33. The van der Waals surface area contributed by atoms with Gasteiger partial charge in [-0.25, -0.2) is 4.79 Å². The SMILES string of the molecule is O=C(O)c1ccccc1Sc1ccccc1C(=O)N1CCNCC1. The van der Waals surface area contributed by atoms with Crippen LogP contribution in [0.5, 0.6) is 0 Å². The molecule has 0 saturated carbocycles. The van der Waals surface area contributed by atoms with Gasteiger partial charge >= 0.3 is 5.97 Å². The summed E-state index contributed by atoms with van der Waals surface area (Å²) in [6, 6.07) is 14.2. The lowest BCUT2D eigenvalue weighted by atomic mass is 10.2. The molecule has 124 valence electrons. The molecule has 0 bridgehead atoms. The highest BCUT2D eigenvalue weighted by atomic mass is 32.2. The molecule has 5 nitrogen and oxygen atoms in total. The Labute approximate surface area is 144 Å². The second-order valence-electron chi connectivity index (χ2n) is 5.44. The Bertz CT molecular complexity index is 757. The molecule has 0 radical (unpaired) electrons. The summed E-state index contributed by atoms with van der Waals surface area (Å²) in [6.45, 7) is 2.96. The molecule has 0 atom stereocenters. The van der Waals surface area contributed by atoms with Crippen molar-refractivity contribution in [1.82, 2.24) is 10.2 Å². The lowest BCUT2D eigenvalue weighted by Crippen LogP contribution is -2.46. The van der Waals surface area contributed by atoms with Crippen LogP contribution >= 0.6 is 11.8 Å². The van der Waals surface area contributed by atoms with Crippen LogP contribution in [0.4, 0.5) is 0 Å². The Balaban J connectivity index is 1.90. The van der Waals surface area contributed by atoms with Gasteiger partial charge in [0, 0.05) is 36.0 Å². The summed E-state index contributed by atoms with van der Waals surface area (Å²) in [6.07, 6.45) is 0. The standard InChI is InChI=1S/C18H18N2O3S/c21-17(20-11-9-19-10-12-20)13-5-1-3-7-15(13)24-16-8-4-2-6-14(16)18(22)23/h1-8,19H,9-12H2,(H,22,23). The second-order valence-corrected chi connectivity index (χ2v) is 6.53. The second kappa shape index (κ2) is 7.51. The zero-order valence-corrected chi connectivity index (χ0v) is 13.9. The lowest BCUT2D eigenvalue weighted by molar-refractivity contribution is 0.0691. The van der Waals surface area contributed by atoms with E-state index in [-0.39, 0.29) is 11.5 Å². The highest BCUT2D eigenvalue weighted by molar-refractivity contribution is 7.99. The van der Waals surface area contributed by atoms with Crippen molar-refractivity contribution in [2.75, 3.05) is 26.2 Å². The summed E-state index contributed by atoms with van der Waals surface area (Å²) in [5.74, 6) is -0.976. The Hall–Kier alpha value is -2.31. The average molecular weight is 342 g/mol. The number of nitrogens with one attached hydrogen (secondary N) is 1. The van der Waals surface area contributed by atoms with Crippen molar-refractivity contribution in [3.8, 4) is 0 Å². The van der Waals surface area contributed by atoms with Crippen molar-refractivity contribution in [3.63, 3.8) is 0 Å². The quantitative estimate of drug-likeness (QED) is 0.894. The van der Waals surface area contributed by atoms with Crippen molar-refractivity contribution in [2.45, 2.75) is 9.79 Å². The van der Waals surface area contributed by atoms with Crippen molar-refractivity contribution in [2.24, 2.45) is 0 Å². The molecule has 24 heavy (non-hydrogen) atoms. The van der Waals surface area contributed by atoms with E-state index in [9.17, 15) is 14.7 Å². The van der Waals surface area contributed by atoms with Gasteiger partial charge in [0.15, 0.2) is 0 Å². The van der Waals surface area contributed by atoms with E-state index >= 15 is 0 Å². The molecule has 2 N–H and O–H groups in total. The molecule has 2 aromatic carbocycles. The number of amides is 1. The Morgan fingerprint density at radius 1 is 0.917 bits per heavy atom. The van der Waals surface area contributed by atoms with Crippen LogP contribution in [0.25, 0.3) is 0 Å². The van der Waals surface area contributed by atoms with Crippen LogP contribution in [0.1, 0.15) is 20.7 Å². The number of rotatable bonds is 4. The van der Waals surface area contributed by atoms with E-state index in [0.29, 0.717) is 23.5 Å². The van der Waals surface area contributed by atoms with E-state index in [1.807, 2.05) is 23.1 Å². The third-order valence-corrected chi connectivity index (χ3v) is 5.01. The number of aromatic carboxylic acids is 1. The number of carboxylic acids is 1. The molecule has 1 aliphatic heterocycles. The molecule has 1 saturated heterocycles. The van der Waals surface area contributed by atoms with Gasteiger partial charge in [-0.1, -0.05) is 36.0 Å². The largest absolute Gasteiger partial charge is 0.478 e. The molecule has 0 unspecified atom stereocenters. The topological polar surface area (TPSA) is 69.6 Å². The third kappa shape index (κ3) is 3.60. The summed E-state index contributed by atoms with van der Waals surface area (Å²) in [7, 11) is 0. The number of carbonyl (C=O) groups excluding carboxylic acids is 1. The van der Waals surface area contributed by atoms with Crippen LogP contribution in [0.2, 0.25) is 0 Å². The number of carboxylic acid groups (broad SMARTS) is 1. The zero-order chi connectivity index (χ0) is 16.9. The first-order chi connectivity index (χ1) is 11.7. The van der Waals surface area contributed by atoms with Crippen LogP contribution in [0, 0.1) is 0 Å². The Morgan fingerprint density at radius 2 is 1.46 bits per heavy atom. The smallest absolute Gasteiger partial charge is 0.336 e. The molecule has 2 aromatic rings. The van der Waals surface area contributed by atoms with E-state index in [0.717, 1.165) is 18.0 Å². The number of carbonyl (C=O) groups is 2. The van der Waals surface area contributed by atoms with Gasteiger partial charge in [0.25, 0.3) is 5.91 Å². The predicted octanol–water partition coefficient (Wildman–Crippen LogP) is 2.58. The molecule has 6 heteroatoms. The number of nitrogens with zero attached hydrogens (tertiary/aromatic N) is 1. The van der Waals surface area contributed by atoms with E-state index < -0.39 is 5.97 Å². The van der Waals surface area contributed by atoms with Gasteiger partial charge < -0.3 is 15.3 Å². The molecular weight excluding hydrogens is 324 g/mol. The first-order valence-corrected chi connectivity index (χ1v) is 8.57. The van der Waals surface area contributed by atoms with Gasteiger partial charge in [-0.05, 0) is 24.3 Å². The van der Waals surface area contributed by atoms with Crippen molar-refractivity contribution in [1.29, 1.82) is 0 Å². The van der Waals surface area contributed by atoms with E-state index in [2.05, 4.69) is 5.32 Å². The van der Waals surface area contributed by atoms with Gasteiger partial charge in [0.05, 0.1) is 11.1 Å². The fourth-order valence-electron chi connectivity index (χ4n) is 2.62. The molecule has 1 fully saturated rings. The summed E-state index contributed by atoms with van der Waals surface area (Å²) in [4.78, 5) is 27.4. The number of hydrogen-bond donors (Lipinski definition) is 2. The van der Waals surface area contributed by atoms with E-state index in [1.54, 1.807) is 30.3 Å². The number of piperazine rings is 1. The average Bonchev–Trinajstić information content (AvgIpc) is 2.62. The molecule has 1 amide bonds. The maximum Gasteiger partial charge on any atom is 0.336 e. The van der Waals surface area contributed by atoms with Crippen molar-refractivity contribution >= 4 is 23.6 Å². The van der Waals surface area contributed by atoms with Crippen LogP contribution in [-0.2, 0) is 0 Å². The fourth-order valence-corrected chi connectivity index (χ4v) is 3.68. The summed E-state index contributed by atoms with van der Waals surface area (Å²) < 4.78 is 0. The monoisotopic (exact) mass is 342 g/mol. The van der Waals surface area contributed by atoms with Gasteiger partial charge in [-0.15, -0.1) is 0 Å². The van der Waals surface area contributed by atoms with Crippen LogP contribution in [-0.4, -0.2) is 48.1 Å². The Kier molecular flexibility index (Phi) is 5.17. The number of hydrogen-bond acceptors (Lipinski definition) is 4. The summed E-state index contributed by atoms with van der Waals surface area (Å²) in [5, 5.41) is 12.6. The van der Waals surface area contributed by atoms with Crippen molar-refractivity contribution in [3.05, 3.63) is 59.7 Å². The van der Waals surface area contributed by atoms with Gasteiger partial charge in [-0.2, -0.15) is 0 Å². The molecule has 1 heterocycles. The predicted molar refractivity (Wildman–Crippen MR) is 92.7 cm³/mol. The maximum absolute atomic E-state index is 12.8. The molecular formula is C18H18N2O3S. The molecule has 0 aromatic heterocycles. The number of benzene rings is 2. The first kappa shape index (κ1) is 16.5. The van der Waals surface area contributed by atoms with E-state index in [4.69, 9.17) is 0 Å². The minimum Gasteiger partial charge on any atom is -0.478 e. The molecule has 0 aliphatic carbocycles. The fraction of sp³-hybridized carbons (Fsp3) is 0.222. The normalized spacial score (nSPS) is 14.4. The van der Waals surface area contributed by atoms with Crippen molar-refractivity contribution < 1.29 is 14.7 Å². The van der Waals surface area contributed by atoms with Crippen LogP contribution < -0.4 is 5.32 Å². The van der Waals surface area contributed by atoms with Gasteiger partial charge in [0.2, 0.25) is 0 Å². The van der Waals surface area contributed by atoms with E-state index in [1.165, 1.54) is 11.8 Å². The molecule has 1 aliphatic rings. The maximum atomic E-state index is 12.8. The third-order valence-electron chi connectivity index (χ3n) is 3.86. The van der Waals surface area contributed by atoms with Crippen LogP contribution in [0.15, 0.2) is 58.3 Å². The molecule has 3 rings (SSSR count). The zero-order valence-electron chi connectivity index (χ0n) is 13.1. The lowest BCUT2D eigenvalue weighted by Gasteiger charge is -2.28. The van der Waals surface area contributed by atoms with Gasteiger partial charge in [-0.3, -0.25) is 4.79 Å². The summed E-state index contributed by atoms with van der Waals surface area (Å²) in [5.41, 5.74) is 0.858. The first-order valence-electron chi connectivity index (χ1n) is 7.76.